The van der Waals surface area contributed by atoms with Crippen molar-refractivity contribution in [2.45, 2.75) is 58.4 Å². The van der Waals surface area contributed by atoms with Crippen molar-refractivity contribution in [1.82, 2.24) is 15.1 Å². The lowest BCUT2D eigenvalue weighted by Gasteiger charge is -2.30. The summed E-state index contributed by atoms with van der Waals surface area (Å²) in [6, 6.07) is 0. The molecule has 1 aliphatic rings. The largest absolute Gasteiger partial charge is 0.341 e. The SMILES string of the molecule is CCCCC1CCC(C(=O)N(C)Cc2cn[nH]c2)CC1. The quantitative estimate of drug-likeness (QED) is 0.866. The van der Waals surface area contributed by atoms with Crippen molar-refractivity contribution in [2.75, 3.05) is 7.05 Å². The van der Waals surface area contributed by atoms with Gasteiger partial charge in [-0.25, -0.2) is 0 Å². The standard InChI is InChI=1S/C16H27N3O/c1-3-4-5-13-6-8-15(9-7-13)16(20)19(2)12-14-10-17-18-11-14/h10-11,13,15H,3-9,12H2,1-2H3,(H,17,18). The number of nitrogens with zero attached hydrogens (tertiary/aromatic N) is 2. The second-order valence-electron chi connectivity index (χ2n) is 6.16. The zero-order valence-electron chi connectivity index (χ0n) is 12.8. The van der Waals surface area contributed by atoms with Crippen LogP contribution in [0.3, 0.4) is 0 Å². The van der Waals surface area contributed by atoms with E-state index in [1.807, 2.05) is 18.1 Å². The summed E-state index contributed by atoms with van der Waals surface area (Å²) in [5.74, 6) is 1.41. The van der Waals surface area contributed by atoms with E-state index in [-0.39, 0.29) is 5.92 Å². The minimum atomic E-state index is 0.241. The van der Waals surface area contributed by atoms with Gasteiger partial charge in [0.15, 0.2) is 0 Å². The molecule has 2 rings (SSSR count). The molecule has 1 aliphatic carbocycles. The van der Waals surface area contributed by atoms with Crippen LogP contribution in [0, 0.1) is 11.8 Å². The van der Waals surface area contributed by atoms with Gasteiger partial charge in [-0.3, -0.25) is 9.89 Å². The molecule has 4 heteroatoms. The first kappa shape index (κ1) is 15.1. The van der Waals surface area contributed by atoms with E-state index in [9.17, 15) is 4.79 Å². The van der Waals surface area contributed by atoms with Crippen LogP contribution < -0.4 is 0 Å². The molecule has 0 unspecified atom stereocenters. The third kappa shape index (κ3) is 4.09. The Balaban J connectivity index is 1.76. The third-order valence-electron chi connectivity index (χ3n) is 4.51. The van der Waals surface area contributed by atoms with Crippen LogP contribution in [-0.2, 0) is 11.3 Å². The fraction of sp³-hybridized carbons (Fsp3) is 0.750. The molecule has 1 heterocycles. The fourth-order valence-corrected chi connectivity index (χ4v) is 3.22. The minimum absolute atomic E-state index is 0.241. The van der Waals surface area contributed by atoms with E-state index in [1.165, 1.54) is 32.1 Å². The van der Waals surface area contributed by atoms with E-state index in [0.29, 0.717) is 12.5 Å². The maximum atomic E-state index is 12.4. The Morgan fingerprint density at radius 3 is 2.75 bits per heavy atom. The van der Waals surface area contributed by atoms with Gasteiger partial charge in [0, 0.05) is 31.3 Å². The van der Waals surface area contributed by atoms with Crippen LogP contribution in [0.1, 0.15) is 57.4 Å². The highest BCUT2D eigenvalue weighted by molar-refractivity contribution is 5.78. The van der Waals surface area contributed by atoms with Gasteiger partial charge in [0.2, 0.25) is 5.91 Å². The molecule has 0 saturated heterocycles. The molecule has 1 N–H and O–H groups in total. The van der Waals surface area contributed by atoms with Gasteiger partial charge in [-0.1, -0.05) is 26.2 Å². The number of carbonyl (C=O) groups is 1. The number of H-pyrrole nitrogens is 1. The van der Waals surface area contributed by atoms with Gasteiger partial charge in [-0.2, -0.15) is 5.10 Å². The first-order valence-corrected chi connectivity index (χ1v) is 7.93. The summed E-state index contributed by atoms with van der Waals surface area (Å²) in [5.41, 5.74) is 1.07. The molecule has 20 heavy (non-hydrogen) atoms. The Kier molecular flexibility index (Phi) is 5.62. The van der Waals surface area contributed by atoms with Gasteiger partial charge >= 0.3 is 0 Å². The summed E-state index contributed by atoms with van der Waals surface area (Å²) in [5, 5.41) is 6.71. The van der Waals surface area contributed by atoms with Crippen molar-refractivity contribution in [2.24, 2.45) is 11.8 Å². The molecular weight excluding hydrogens is 250 g/mol. The van der Waals surface area contributed by atoms with E-state index in [4.69, 9.17) is 0 Å². The minimum Gasteiger partial charge on any atom is -0.341 e. The van der Waals surface area contributed by atoms with Gasteiger partial charge in [0.05, 0.1) is 6.20 Å². The Labute approximate surface area is 121 Å². The second-order valence-corrected chi connectivity index (χ2v) is 6.16. The first-order chi connectivity index (χ1) is 9.70. The number of unbranched alkanes of at least 4 members (excludes halogenated alkanes) is 1. The van der Waals surface area contributed by atoms with E-state index in [1.54, 1.807) is 6.20 Å². The summed E-state index contributed by atoms with van der Waals surface area (Å²) in [4.78, 5) is 14.3. The molecule has 0 radical (unpaired) electrons. The number of amides is 1. The summed E-state index contributed by atoms with van der Waals surface area (Å²) in [6.07, 6.45) is 12.2. The molecule has 0 spiro atoms. The molecule has 0 atom stereocenters. The molecule has 112 valence electrons. The van der Waals surface area contributed by atoms with Crippen molar-refractivity contribution in [3.05, 3.63) is 18.0 Å². The van der Waals surface area contributed by atoms with Crippen molar-refractivity contribution in [3.63, 3.8) is 0 Å². The zero-order chi connectivity index (χ0) is 14.4. The Morgan fingerprint density at radius 1 is 1.40 bits per heavy atom. The molecule has 1 aromatic rings. The summed E-state index contributed by atoms with van der Waals surface area (Å²) in [7, 11) is 1.90. The van der Waals surface area contributed by atoms with Gasteiger partial charge in [-0.05, 0) is 31.6 Å². The van der Waals surface area contributed by atoms with Gasteiger partial charge in [0.1, 0.15) is 0 Å². The van der Waals surface area contributed by atoms with Crippen LogP contribution in [0.5, 0.6) is 0 Å². The number of hydrogen-bond donors (Lipinski definition) is 1. The van der Waals surface area contributed by atoms with E-state index < -0.39 is 0 Å². The van der Waals surface area contributed by atoms with E-state index in [0.717, 1.165) is 24.3 Å². The Morgan fingerprint density at radius 2 is 2.15 bits per heavy atom. The lowest BCUT2D eigenvalue weighted by molar-refractivity contribution is -0.136. The van der Waals surface area contributed by atoms with Crippen LogP contribution in [0.25, 0.3) is 0 Å². The van der Waals surface area contributed by atoms with Crippen molar-refractivity contribution < 1.29 is 4.79 Å². The summed E-state index contributed by atoms with van der Waals surface area (Å²) < 4.78 is 0. The molecule has 1 saturated carbocycles. The average molecular weight is 277 g/mol. The van der Waals surface area contributed by atoms with Gasteiger partial charge in [0.25, 0.3) is 0 Å². The van der Waals surface area contributed by atoms with E-state index >= 15 is 0 Å². The molecule has 0 aliphatic heterocycles. The van der Waals surface area contributed by atoms with Crippen molar-refractivity contribution in [1.29, 1.82) is 0 Å². The normalized spacial score (nSPS) is 22.7. The maximum absolute atomic E-state index is 12.4. The van der Waals surface area contributed by atoms with Crippen LogP contribution >= 0.6 is 0 Å². The molecular formula is C16H27N3O. The van der Waals surface area contributed by atoms with Crippen LogP contribution in [-0.4, -0.2) is 28.1 Å². The fourth-order valence-electron chi connectivity index (χ4n) is 3.22. The highest BCUT2D eigenvalue weighted by Crippen LogP contribution is 2.32. The Bertz CT molecular complexity index is 394. The zero-order valence-corrected chi connectivity index (χ0v) is 12.8. The van der Waals surface area contributed by atoms with Crippen LogP contribution in [0.15, 0.2) is 12.4 Å². The number of carbonyl (C=O) groups excluding carboxylic acids is 1. The van der Waals surface area contributed by atoms with Gasteiger partial charge < -0.3 is 4.90 Å². The second kappa shape index (κ2) is 7.46. The van der Waals surface area contributed by atoms with Crippen molar-refractivity contribution in [3.8, 4) is 0 Å². The van der Waals surface area contributed by atoms with Crippen LogP contribution in [0.2, 0.25) is 0 Å². The first-order valence-electron chi connectivity index (χ1n) is 7.93. The molecule has 4 nitrogen and oxygen atoms in total. The predicted molar refractivity (Wildman–Crippen MR) is 80.0 cm³/mol. The maximum Gasteiger partial charge on any atom is 0.225 e. The number of nitrogens with one attached hydrogen (secondary N) is 1. The number of rotatable bonds is 6. The highest BCUT2D eigenvalue weighted by atomic mass is 16.2. The monoisotopic (exact) mass is 277 g/mol. The predicted octanol–water partition coefficient (Wildman–Crippen LogP) is 3.36. The summed E-state index contributed by atoms with van der Waals surface area (Å²) in [6.45, 7) is 2.91. The van der Waals surface area contributed by atoms with E-state index in [2.05, 4.69) is 17.1 Å². The molecule has 1 aromatic heterocycles. The number of hydrogen-bond acceptors (Lipinski definition) is 2. The van der Waals surface area contributed by atoms with Crippen LogP contribution in [0.4, 0.5) is 0 Å². The highest BCUT2D eigenvalue weighted by Gasteiger charge is 2.27. The lowest BCUT2D eigenvalue weighted by atomic mass is 9.79. The number of aromatic nitrogens is 2. The van der Waals surface area contributed by atoms with Gasteiger partial charge in [-0.15, -0.1) is 0 Å². The average Bonchev–Trinajstić information content (AvgIpc) is 2.97. The Hall–Kier alpha value is -1.32. The molecule has 1 fully saturated rings. The molecule has 0 aromatic carbocycles. The third-order valence-corrected chi connectivity index (χ3v) is 4.51. The summed E-state index contributed by atoms with van der Waals surface area (Å²) >= 11 is 0. The van der Waals surface area contributed by atoms with Crippen molar-refractivity contribution >= 4 is 5.91 Å². The smallest absolute Gasteiger partial charge is 0.225 e. The topological polar surface area (TPSA) is 49.0 Å². The molecule has 1 amide bonds. The lowest BCUT2D eigenvalue weighted by Crippen LogP contribution is -2.34. The number of aromatic amines is 1. The molecule has 0 bridgehead atoms.